The highest BCUT2D eigenvalue weighted by atomic mass is 16.5. The van der Waals surface area contributed by atoms with Gasteiger partial charge in [0.25, 0.3) is 0 Å². The Balaban J connectivity index is 5.17. The molecule has 0 heterocycles. The molecule has 0 aromatic carbocycles. The Morgan fingerprint density at radius 1 is 0.857 bits per heavy atom. The predicted molar refractivity (Wildman–Crippen MR) is 143 cm³/mol. The van der Waals surface area contributed by atoms with Crippen molar-refractivity contribution >= 4 is 47.4 Å². The zero-order chi connectivity index (χ0) is 32.1. The van der Waals surface area contributed by atoms with Gasteiger partial charge in [-0.1, -0.05) is 5.92 Å². The van der Waals surface area contributed by atoms with Crippen LogP contribution in [-0.2, 0) is 38.3 Å². The molecule has 0 fully saturated rings. The number of aliphatic hydroxyl groups excluding tert-OH is 1. The summed E-state index contributed by atoms with van der Waals surface area (Å²) in [4.78, 5) is 87.4. The lowest BCUT2D eigenvalue weighted by Crippen LogP contribution is -2.55. The van der Waals surface area contributed by atoms with E-state index in [-0.39, 0.29) is 45.0 Å². The van der Waals surface area contributed by atoms with E-state index in [0.717, 1.165) is 0 Å². The number of aliphatic carboxylic acids is 2. The third kappa shape index (κ3) is 17.6. The number of nitrogens with zero attached hydrogens (tertiary/aromatic N) is 1. The maximum Gasteiger partial charge on any atom is 0.328 e. The van der Waals surface area contributed by atoms with Crippen molar-refractivity contribution in [3.8, 4) is 12.3 Å². The fraction of sp³-hybridized carbons (Fsp3) is 0.565. The molecule has 0 aliphatic rings. The summed E-state index contributed by atoms with van der Waals surface area (Å²) in [6.07, 6.45) is 4.25. The first-order valence-electron chi connectivity index (χ1n) is 12.4. The smallest absolute Gasteiger partial charge is 0.328 e. The molecule has 42 heavy (non-hydrogen) atoms. The number of nitrogens with one attached hydrogen (secondary N) is 5. The molecule has 0 aliphatic carbocycles. The molecule has 0 saturated carbocycles. The van der Waals surface area contributed by atoms with Crippen LogP contribution in [0.3, 0.4) is 0 Å². The molecule has 0 bridgehead atoms. The lowest BCUT2D eigenvalue weighted by atomic mass is 10.1. The molecule has 19 heteroatoms. The summed E-state index contributed by atoms with van der Waals surface area (Å²) in [5.74, 6) is -5.39. The lowest BCUT2D eigenvalue weighted by Gasteiger charge is -2.21. The van der Waals surface area contributed by atoms with E-state index < -0.39 is 85.7 Å². The van der Waals surface area contributed by atoms with Crippen molar-refractivity contribution < 1.29 is 53.6 Å². The topological polar surface area (TPSA) is 314 Å². The Bertz CT molecular complexity index is 1040. The van der Waals surface area contributed by atoms with Gasteiger partial charge in [0.1, 0.15) is 24.7 Å². The van der Waals surface area contributed by atoms with Crippen LogP contribution in [0.15, 0.2) is 4.99 Å². The number of carboxylic acids is 2. The van der Waals surface area contributed by atoms with E-state index in [1.165, 1.54) is 0 Å². The normalized spacial score (nSPS) is 12.3. The molecule has 0 radical (unpaired) electrons. The second kappa shape index (κ2) is 20.9. The first kappa shape index (κ1) is 37.0. The van der Waals surface area contributed by atoms with Gasteiger partial charge in [0, 0.05) is 6.54 Å². The third-order valence-electron chi connectivity index (χ3n) is 4.95. The van der Waals surface area contributed by atoms with Crippen molar-refractivity contribution in [1.82, 2.24) is 26.6 Å². The molecular weight excluding hydrogens is 564 g/mol. The van der Waals surface area contributed by atoms with Crippen molar-refractivity contribution in [2.24, 2.45) is 16.5 Å². The maximum absolute atomic E-state index is 12.7. The molecule has 0 spiro atoms. The summed E-state index contributed by atoms with van der Waals surface area (Å²) in [5, 5.41) is 37.9. The van der Waals surface area contributed by atoms with Crippen molar-refractivity contribution in [3.63, 3.8) is 0 Å². The second-order valence-electron chi connectivity index (χ2n) is 8.37. The molecule has 0 saturated heterocycles. The molecule has 5 amide bonds. The molecule has 0 unspecified atom stereocenters. The number of ether oxygens (including phenoxy) is 1. The molecule has 0 aliphatic heterocycles. The number of aliphatic imine (C=N–C) groups is 1. The summed E-state index contributed by atoms with van der Waals surface area (Å²) in [7, 11) is 0. The van der Waals surface area contributed by atoms with Crippen LogP contribution in [0.5, 0.6) is 0 Å². The number of terminal acetylenes is 1. The average molecular weight is 601 g/mol. The van der Waals surface area contributed by atoms with Crippen molar-refractivity contribution in [2.75, 3.05) is 39.5 Å². The van der Waals surface area contributed by atoms with Gasteiger partial charge < -0.3 is 58.1 Å². The number of carboxylic acid groups (broad SMARTS) is 2. The summed E-state index contributed by atoms with van der Waals surface area (Å²) in [6, 6.07) is -4.70. The van der Waals surface area contributed by atoms with E-state index in [2.05, 4.69) is 32.2 Å². The van der Waals surface area contributed by atoms with E-state index in [1.807, 2.05) is 5.32 Å². The Kier molecular flexibility index (Phi) is 18.4. The molecule has 234 valence electrons. The van der Waals surface area contributed by atoms with Crippen LogP contribution in [0.2, 0.25) is 0 Å². The van der Waals surface area contributed by atoms with Crippen LogP contribution >= 0.6 is 0 Å². The molecule has 19 nitrogen and oxygen atoms in total. The van der Waals surface area contributed by atoms with Crippen LogP contribution in [-0.4, -0.2) is 120 Å². The summed E-state index contributed by atoms with van der Waals surface area (Å²) < 4.78 is 4.97. The Morgan fingerprint density at radius 3 is 2.02 bits per heavy atom. The quantitative estimate of drug-likeness (QED) is 0.0254. The van der Waals surface area contributed by atoms with E-state index in [9.17, 15) is 33.6 Å². The number of carbonyl (C=O) groups is 7. The second-order valence-corrected chi connectivity index (χ2v) is 8.37. The minimum absolute atomic E-state index is 0.00558. The lowest BCUT2D eigenvalue weighted by molar-refractivity contribution is -0.144. The van der Waals surface area contributed by atoms with Gasteiger partial charge in [0.05, 0.1) is 39.1 Å². The fourth-order valence-corrected chi connectivity index (χ4v) is 2.96. The van der Waals surface area contributed by atoms with Gasteiger partial charge in [-0.3, -0.25) is 33.8 Å². The molecule has 0 aromatic rings. The van der Waals surface area contributed by atoms with E-state index in [0.29, 0.717) is 0 Å². The molecule has 0 rings (SSSR count). The van der Waals surface area contributed by atoms with Crippen molar-refractivity contribution in [3.05, 3.63) is 0 Å². The monoisotopic (exact) mass is 600 g/mol. The Hall–Kier alpha value is -4.96. The number of carbonyl (C=O) groups excluding carboxylic acids is 5. The van der Waals surface area contributed by atoms with Crippen LogP contribution in [0, 0.1) is 12.3 Å². The van der Waals surface area contributed by atoms with E-state index in [4.69, 9.17) is 37.9 Å². The SMILES string of the molecule is C#CCOCCC(=O)NCC(=O)N[C@@H](CCCN=C(N)N)C(=O)NCC(=O)N[C@@H](CC(=O)O)C(=O)N[C@@H](CO)C(=O)O. The summed E-state index contributed by atoms with van der Waals surface area (Å²) in [5.41, 5.74) is 10.5. The largest absolute Gasteiger partial charge is 0.481 e. The highest BCUT2D eigenvalue weighted by Crippen LogP contribution is 2.00. The van der Waals surface area contributed by atoms with Gasteiger partial charge in [0.15, 0.2) is 5.96 Å². The van der Waals surface area contributed by atoms with Crippen LogP contribution in [0.4, 0.5) is 0 Å². The van der Waals surface area contributed by atoms with Gasteiger partial charge in [0.2, 0.25) is 29.5 Å². The van der Waals surface area contributed by atoms with Gasteiger partial charge in [-0.25, -0.2) is 4.79 Å². The minimum Gasteiger partial charge on any atom is -0.481 e. The number of hydrogen-bond acceptors (Lipinski definition) is 10. The first-order valence-corrected chi connectivity index (χ1v) is 12.4. The first-order chi connectivity index (χ1) is 19.8. The summed E-state index contributed by atoms with van der Waals surface area (Å²) in [6.45, 7) is -2.08. The van der Waals surface area contributed by atoms with Crippen LogP contribution in [0.1, 0.15) is 25.7 Å². The minimum atomic E-state index is -1.75. The highest BCUT2D eigenvalue weighted by Gasteiger charge is 2.28. The number of nitrogens with two attached hydrogens (primary N) is 2. The van der Waals surface area contributed by atoms with Gasteiger partial charge in [-0.05, 0) is 12.8 Å². The number of aliphatic hydroxyl groups is 1. The number of rotatable bonds is 21. The standard InChI is InChI=1S/C23H36N8O11/c1-2-7-42-8-5-16(33)27-10-17(34)29-13(4-3-6-26-23(24)25)20(38)28-11-18(35)30-14(9-19(36)37)21(39)31-15(12-32)22(40)41/h1,13-15,32H,3-12H2,(H,27,33)(H,28,38)(H,29,34)(H,30,35)(H,31,39)(H,36,37)(H,40,41)(H4,24,25,26)/t13-,14-,15-/m0/s1. The maximum atomic E-state index is 12.7. The Labute approximate surface area is 240 Å². The molecule has 0 aromatic heterocycles. The average Bonchev–Trinajstić information content (AvgIpc) is 2.92. The van der Waals surface area contributed by atoms with E-state index >= 15 is 0 Å². The van der Waals surface area contributed by atoms with Crippen molar-refractivity contribution in [2.45, 2.75) is 43.8 Å². The third-order valence-corrected chi connectivity index (χ3v) is 4.95. The van der Waals surface area contributed by atoms with Gasteiger partial charge in [-0.2, -0.15) is 0 Å². The van der Waals surface area contributed by atoms with Gasteiger partial charge in [-0.15, -0.1) is 6.42 Å². The van der Waals surface area contributed by atoms with Crippen LogP contribution < -0.4 is 38.1 Å². The summed E-state index contributed by atoms with van der Waals surface area (Å²) >= 11 is 0. The van der Waals surface area contributed by atoms with Crippen LogP contribution in [0.25, 0.3) is 0 Å². The Morgan fingerprint density at radius 2 is 1.48 bits per heavy atom. The molecule has 12 N–H and O–H groups in total. The molecule has 3 atom stereocenters. The zero-order valence-electron chi connectivity index (χ0n) is 22.6. The number of hydrogen-bond donors (Lipinski definition) is 10. The fourth-order valence-electron chi connectivity index (χ4n) is 2.96. The predicted octanol–water partition coefficient (Wildman–Crippen LogP) is -5.68. The van der Waals surface area contributed by atoms with Gasteiger partial charge >= 0.3 is 11.9 Å². The number of amides is 5. The number of guanidine groups is 1. The van der Waals surface area contributed by atoms with E-state index in [1.54, 1.807) is 0 Å². The molecular formula is C23H36N8O11. The highest BCUT2D eigenvalue weighted by molar-refractivity contribution is 5.95. The zero-order valence-corrected chi connectivity index (χ0v) is 22.6. The van der Waals surface area contributed by atoms with Crippen molar-refractivity contribution in [1.29, 1.82) is 0 Å².